The number of hydrogen-bond acceptors (Lipinski definition) is 5. The predicted octanol–water partition coefficient (Wildman–Crippen LogP) is 3.36. The van der Waals surface area contributed by atoms with Crippen molar-refractivity contribution in [3.8, 4) is 0 Å². The van der Waals surface area contributed by atoms with Crippen LogP contribution in [0.15, 0.2) is 22.7 Å². The van der Waals surface area contributed by atoms with Crippen LogP contribution in [-0.2, 0) is 14.2 Å². The number of nitrogens with zero attached hydrogens (tertiary/aromatic N) is 1. The van der Waals surface area contributed by atoms with E-state index >= 15 is 0 Å². The molecule has 2 fully saturated rings. The average molecular weight is 400 g/mol. The molecule has 0 atom stereocenters. The zero-order valence-electron chi connectivity index (χ0n) is 14.8. The van der Waals surface area contributed by atoms with E-state index in [4.69, 9.17) is 9.47 Å². The first-order valence-electron chi connectivity index (χ1n) is 7.98. The highest BCUT2D eigenvalue weighted by Crippen LogP contribution is 2.54. The molecule has 2 aliphatic rings. The molecule has 1 heterocycles. The third kappa shape index (κ3) is 3.99. The van der Waals surface area contributed by atoms with Crippen LogP contribution < -0.4 is 4.90 Å². The quantitative estimate of drug-likeness (QED) is 0.561. The van der Waals surface area contributed by atoms with Crippen molar-refractivity contribution in [2.45, 2.75) is 19.1 Å². The highest BCUT2D eigenvalue weighted by molar-refractivity contribution is 9.10. The molecule has 1 aromatic rings. The molecule has 1 aromatic carbocycles. The number of methoxy groups -OCH3 is 3. The molecule has 0 unspecified atom stereocenters. The van der Waals surface area contributed by atoms with Crippen LogP contribution in [0.2, 0.25) is 0 Å². The number of halogens is 1. The first-order chi connectivity index (χ1) is 11.5. The molecule has 0 aromatic heterocycles. The van der Waals surface area contributed by atoms with Gasteiger partial charge in [-0.15, -0.1) is 0 Å². The van der Waals surface area contributed by atoms with Gasteiger partial charge >= 0.3 is 0 Å². The lowest BCUT2D eigenvalue weighted by Gasteiger charge is -2.60. The van der Waals surface area contributed by atoms with Crippen LogP contribution in [0.3, 0.4) is 0 Å². The van der Waals surface area contributed by atoms with Gasteiger partial charge in [0, 0.05) is 68.6 Å². The molecular weight excluding hydrogens is 374 g/mol. The average Bonchev–Trinajstić information content (AvgIpc) is 2.49. The molecule has 5 nitrogen and oxygen atoms in total. The van der Waals surface area contributed by atoms with Gasteiger partial charge in [-0.25, -0.2) is 0 Å². The zero-order valence-corrected chi connectivity index (χ0v) is 16.3. The topological polar surface area (TPSA) is 48.0 Å². The van der Waals surface area contributed by atoms with Crippen LogP contribution in [0.25, 0.3) is 0 Å². The second-order valence-corrected chi connectivity index (χ2v) is 7.45. The van der Waals surface area contributed by atoms with Gasteiger partial charge in [-0.1, -0.05) is 0 Å². The maximum absolute atomic E-state index is 10.8. The van der Waals surface area contributed by atoms with E-state index in [1.54, 1.807) is 28.4 Å². The number of benzene rings is 1. The summed E-state index contributed by atoms with van der Waals surface area (Å²) in [5.41, 5.74) is 2.31. The fourth-order valence-electron chi connectivity index (χ4n) is 3.74. The largest absolute Gasteiger partial charge is 0.388 e. The Kier molecular flexibility index (Phi) is 6.80. The van der Waals surface area contributed by atoms with Gasteiger partial charge in [-0.2, -0.15) is 0 Å². The summed E-state index contributed by atoms with van der Waals surface area (Å²) < 4.78 is 15.8. The molecule has 0 radical (unpaired) electrons. The highest BCUT2D eigenvalue weighted by Gasteiger charge is 2.54. The lowest BCUT2D eigenvalue weighted by Crippen LogP contribution is -2.64. The Balaban J connectivity index is 0.000000647. The van der Waals surface area contributed by atoms with E-state index in [1.807, 2.05) is 18.2 Å². The molecule has 1 saturated carbocycles. The summed E-state index contributed by atoms with van der Waals surface area (Å²) in [7, 11) is 6.66. The van der Waals surface area contributed by atoms with Gasteiger partial charge in [0.05, 0.1) is 0 Å². The smallest absolute Gasteiger partial charge is 0.159 e. The Labute approximate surface area is 152 Å². The first-order valence-corrected chi connectivity index (χ1v) is 8.77. The van der Waals surface area contributed by atoms with Crippen molar-refractivity contribution >= 4 is 27.9 Å². The van der Waals surface area contributed by atoms with Gasteiger partial charge < -0.3 is 19.1 Å². The first kappa shape index (κ1) is 19.4. The van der Waals surface area contributed by atoms with Gasteiger partial charge in [0.25, 0.3) is 0 Å². The molecule has 1 spiro atoms. The number of anilines is 1. The van der Waals surface area contributed by atoms with Crippen molar-refractivity contribution in [1.82, 2.24) is 0 Å². The van der Waals surface area contributed by atoms with Crippen molar-refractivity contribution in [2.24, 2.45) is 11.3 Å². The number of carbonyl (C=O) groups excluding carboxylic acids is 1. The fourth-order valence-corrected chi connectivity index (χ4v) is 4.20. The number of ether oxygens (including phenoxy) is 3. The van der Waals surface area contributed by atoms with E-state index in [2.05, 4.69) is 25.6 Å². The Morgan fingerprint density at radius 2 is 1.79 bits per heavy atom. The SMILES string of the molecule is COC.COC(OC)C1CC2(C1)CN(c1ccc(C=O)c(Br)c1)C2. The summed E-state index contributed by atoms with van der Waals surface area (Å²) in [6, 6.07) is 5.91. The molecule has 6 heteroatoms. The van der Waals surface area contributed by atoms with E-state index in [0.29, 0.717) is 16.9 Å². The van der Waals surface area contributed by atoms with E-state index in [9.17, 15) is 4.79 Å². The molecule has 0 bridgehead atoms. The Morgan fingerprint density at radius 3 is 2.25 bits per heavy atom. The van der Waals surface area contributed by atoms with Crippen LogP contribution in [-0.4, -0.2) is 54.1 Å². The molecule has 0 N–H and O–H groups in total. The zero-order chi connectivity index (χ0) is 17.7. The summed E-state index contributed by atoms with van der Waals surface area (Å²) in [4.78, 5) is 13.2. The standard InChI is InChI=1S/C16H20BrNO3.C2H6O/c1-20-15(21-2)12-6-16(7-12)9-18(10-16)13-4-3-11(8-19)14(17)5-13;1-3-2/h3-5,8,12,15H,6-7,9-10H2,1-2H3;1-2H3. The molecule has 1 aliphatic carbocycles. The van der Waals surface area contributed by atoms with Crippen LogP contribution in [0, 0.1) is 11.3 Å². The number of aldehydes is 1. The molecular formula is C18H26BrNO4. The van der Waals surface area contributed by atoms with E-state index < -0.39 is 0 Å². The number of carbonyl (C=O) groups is 1. The summed E-state index contributed by atoms with van der Waals surface area (Å²) in [5.74, 6) is 0.520. The fraction of sp³-hybridized carbons (Fsp3) is 0.611. The number of hydrogen-bond donors (Lipinski definition) is 0. The Hall–Kier alpha value is -0.950. The van der Waals surface area contributed by atoms with Gasteiger partial charge in [0.1, 0.15) is 0 Å². The minimum absolute atomic E-state index is 0.0642. The van der Waals surface area contributed by atoms with Crippen molar-refractivity contribution in [3.05, 3.63) is 28.2 Å². The van der Waals surface area contributed by atoms with Crippen molar-refractivity contribution < 1.29 is 19.0 Å². The van der Waals surface area contributed by atoms with Crippen molar-refractivity contribution in [3.63, 3.8) is 0 Å². The van der Waals surface area contributed by atoms with Crippen LogP contribution in [0.4, 0.5) is 5.69 Å². The molecule has 24 heavy (non-hydrogen) atoms. The maximum Gasteiger partial charge on any atom is 0.159 e. The second kappa shape index (κ2) is 8.43. The Bertz CT molecular complexity index is 548. The highest BCUT2D eigenvalue weighted by atomic mass is 79.9. The number of rotatable bonds is 5. The molecule has 1 saturated heterocycles. The van der Waals surface area contributed by atoms with Gasteiger partial charge in [-0.3, -0.25) is 4.79 Å². The van der Waals surface area contributed by atoms with Crippen LogP contribution in [0.5, 0.6) is 0 Å². The molecule has 1 aliphatic heterocycles. The van der Waals surface area contributed by atoms with Crippen LogP contribution in [0.1, 0.15) is 23.2 Å². The third-order valence-corrected chi connectivity index (χ3v) is 5.46. The maximum atomic E-state index is 10.8. The lowest BCUT2D eigenvalue weighted by atomic mass is 9.57. The normalized spacial score (nSPS) is 18.7. The van der Waals surface area contributed by atoms with Crippen LogP contribution >= 0.6 is 15.9 Å². The summed E-state index contributed by atoms with van der Waals surface area (Å²) in [6.07, 6.45) is 3.15. The van der Waals surface area contributed by atoms with Crippen molar-refractivity contribution in [1.29, 1.82) is 0 Å². The van der Waals surface area contributed by atoms with Gasteiger partial charge in [0.2, 0.25) is 0 Å². The summed E-state index contributed by atoms with van der Waals surface area (Å²) in [5, 5.41) is 0. The van der Waals surface area contributed by atoms with Gasteiger partial charge in [-0.05, 0) is 47.0 Å². The predicted molar refractivity (Wildman–Crippen MR) is 97.6 cm³/mol. The molecule has 134 valence electrons. The third-order valence-electron chi connectivity index (χ3n) is 4.77. The monoisotopic (exact) mass is 399 g/mol. The summed E-state index contributed by atoms with van der Waals surface area (Å²) >= 11 is 3.44. The second-order valence-electron chi connectivity index (χ2n) is 6.60. The Morgan fingerprint density at radius 1 is 1.21 bits per heavy atom. The minimum Gasteiger partial charge on any atom is -0.388 e. The summed E-state index contributed by atoms with van der Waals surface area (Å²) in [6.45, 7) is 2.16. The molecule has 0 amide bonds. The minimum atomic E-state index is -0.0642. The van der Waals surface area contributed by atoms with Gasteiger partial charge in [0.15, 0.2) is 12.6 Å². The lowest BCUT2D eigenvalue weighted by molar-refractivity contribution is -0.184. The van der Waals surface area contributed by atoms with E-state index in [0.717, 1.165) is 23.8 Å². The molecule has 3 rings (SSSR count). The van der Waals surface area contributed by atoms with Crippen molar-refractivity contribution in [2.75, 3.05) is 46.4 Å². The van der Waals surface area contributed by atoms with E-state index in [1.165, 1.54) is 18.5 Å². The van der Waals surface area contributed by atoms with E-state index in [-0.39, 0.29) is 6.29 Å².